The Bertz CT molecular complexity index is 336. The SMILES string of the molecule is CCC(C(=O)[O-])c1cc(Cl)nc(N)n1. The van der Waals surface area contributed by atoms with Crippen LogP contribution in [0, 0.1) is 0 Å². The topological polar surface area (TPSA) is 91.9 Å². The van der Waals surface area contributed by atoms with Gasteiger partial charge in [0.15, 0.2) is 0 Å². The van der Waals surface area contributed by atoms with Gasteiger partial charge in [0.2, 0.25) is 5.95 Å². The van der Waals surface area contributed by atoms with Gasteiger partial charge in [-0.15, -0.1) is 0 Å². The highest BCUT2D eigenvalue weighted by Crippen LogP contribution is 2.19. The van der Waals surface area contributed by atoms with E-state index in [9.17, 15) is 9.90 Å². The molecular weight excluding hydrogens is 206 g/mol. The Morgan fingerprint density at radius 2 is 2.36 bits per heavy atom. The van der Waals surface area contributed by atoms with Gasteiger partial charge in [0, 0.05) is 5.92 Å². The van der Waals surface area contributed by atoms with Crippen molar-refractivity contribution < 1.29 is 9.90 Å². The summed E-state index contributed by atoms with van der Waals surface area (Å²) in [6.07, 6.45) is 0.370. The van der Waals surface area contributed by atoms with Crippen molar-refractivity contribution in [2.75, 3.05) is 5.73 Å². The van der Waals surface area contributed by atoms with Crippen LogP contribution < -0.4 is 10.8 Å². The molecule has 6 heteroatoms. The quantitative estimate of drug-likeness (QED) is 0.713. The minimum atomic E-state index is -1.19. The molecule has 0 aliphatic heterocycles. The number of rotatable bonds is 3. The van der Waals surface area contributed by atoms with Gasteiger partial charge >= 0.3 is 0 Å². The molecule has 0 bridgehead atoms. The largest absolute Gasteiger partial charge is 0.549 e. The molecule has 1 aromatic rings. The van der Waals surface area contributed by atoms with Crippen molar-refractivity contribution in [2.24, 2.45) is 0 Å². The van der Waals surface area contributed by atoms with Crippen molar-refractivity contribution in [1.29, 1.82) is 0 Å². The molecule has 1 unspecified atom stereocenters. The minimum Gasteiger partial charge on any atom is -0.549 e. The van der Waals surface area contributed by atoms with Crippen molar-refractivity contribution in [1.82, 2.24) is 9.97 Å². The van der Waals surface area contributed by atoms with Crippen molar-refractivity contribution in [2.45, 2.75) is 19.3 Å². The number of carbonyl (C=O) groups excluding carboxylic acids is 1. The average molecular weight is 215 g/mol. The van der Waals surface area contributed by atoms with Crippen molar-refractivity contribution >= 4 is 23.5 Å². The van der Waals surface area contributed by atoms with Gasteiger partial charge in [0.05, 0.1) is 11.7 Å². The summed E-state index contributed by atoms with van der Waals surface area (Å²) in [5, 5.41) is 10.8. The van der Waals surface area contributed by atoms with Crippen LogP contribution in [0.5, 0.6) is 0 Å². The van der Waals surface area contributed by atoms with E-state index in [2.05, 4.69) is 9.97 Å². The van der Waals surface area contributed by atoms with E-state index in [1.54, 1.807) is 6.92 Å². The first-order chi connectivity index (χ1) is 6.54. The van der Waals surface area contributed by atoms with Crippen LogP contribution in [-0.4, -0.2) is 15.9 Å². The number of carboxylic acids is 1. The second-order valence-corrected chi connectivity index (χ2v) is 3.14. The Morgan fingerprint density at radius 1 is 1.71 bits per heavy atom. The van der Waals surface area contributed by atoms with Crippen LogP contribution in [0.1, 0.15) is 25.0 Å². The second kappa shape index (κ2) is 4.23. The third-order valence-corrected chi connectivity index (χ3v) is 1.98. The van der Waals surface area contributed by atoms with Crippen LogP contribution >= 0.6 is 11.6 Å². The molecule has 14 heavy (non-hydrogen) atoms. The van der Waals surface area contributed by atoms with E-state index in [1.165, 1.54) is 6.07 Å². The molecule has 0 aromatic carbocycles. The number of aromatic nitrogens is 2. The highest BCUT2D eigenvalue weighted by Gasteiger charge is 2.13. The van der Waals surface area contributed by atoms with Gasteiger partial charge in [-0.25, -0.2) is 9.97 Å². The number of hydrogen-bond acceptors (Lipinski definition) is 5. The number of nitrogen functional groups attached to an aromatic ring is 1. The standard InChI is InChI=1S/C8H10ClN3O2/c1-2-4(7(13)14)5-3-6(9)12-8(10)11-5/h3-4H,2H2,1H3,(H,13,14)(H2,10,11,12)/p-1. The zero-order valence-electron chi connectivity index (χ0n) is 7.53. The van der Waals surface area contributed by atoms with Gasteiger partial charge in [-0.2, -0.15) is 0 Å². The molecule has 0 aliphatic carbocycles. The summed E-state index contributed by atoms with van der Waals surface area (Å²) in [6, 6.07) is 1.38. The Labute approximate surface area is 85.9 Å². The van der Waals surface area contributed by atoms with Crippen molar-refractivity contribution in [3.8, 4) is 0 Å². The van der Waals surface area contributed by atoms with Crippen LogP contribution in [0.2, 0.25) is 5.15 Å². The van der Waals surface area contributed by atoms with Crippen LogP contribution in [0.3, 0.4) is 0 Å². The van der Waals surface area contributed by atoms with Crippen LogP contribution in [0.4, 0.5) is 5.95 Å². The Hall–Kier alpha value is -1.36. The summed E-state index contributed by atoms with van der Waals surface area (Å²) in [6.45, 7) is 1.71. The lowest BCUT2D eigenvalue weighted by molar-refractivity contribution is -0.308. The molecule has 0 saturated heterocycles. The summed E-state index contributed by atoms with van der Waals surface area (Å²) < 4.78 is 0. The average Bonchev–Trinajstić information content (AvgIpc) is 2.02. The smallest absolute Gasteiger partial charge is 0.221 e. The summed E-state index contributed by atoms with van der Waals surface area (Å²) in [7, 11) is 0. The van der Waals surface area contributed by atoms with Gasteiger partial charge in [-0.05, 0) is 12.5 Å². The Morgan fingerprint density at radius 3 is 2.79 bits per heavy atom. The fourth-order valence-corrected chi connectivity index (χ4v) is 1.33. The molecule has 0 aliphatic rings. The maximum atomic E-state index is 10.7. The summed E-state index contributed by atoms with van der Waals surface area (Å²) in [5.74, 6) is -2.02. The molecule has 1 aromatic heterocycles. The number of anilines is 1. The molecule has 0 spiro atoms. The predicted octanol–water partition coefficient (Wildman–Crippen LogP) is -0.0443. The van der Waals surface area contributed by atoms with E-state index in [1.807, 2.05) is 0 Å². The lowest BCUT2D eigenvalue weighted by Crippen LogP contribution is -2.30. The molecule has 0 fully saturated rings. The van der Waals surface area contributed by atoms with E-state index in [0.717, 1.165) is 0 Å². The van der Waals surface area contributed by atoms with Gasteiger partial charge in [0.25, 0.3) is 0 Å². The fraction of sp³-hybridized carbons (Fsp3) is 0.375. The predicted molar refractivity (Wildman–Crippen MR) is 49.5 cm³/mol. The van der Waals surface area contributed by atoms with E-state index in [4.69, 9.17) is 17.3 Å². The molecule has 0 saturated carbocycles. The van der Waals surface area contributed by atoms with Crippen LogP contribution in [-0.2, 0) is 4.79 Å². The van der Waals surface area contributed by atoms with Gasteiger partial charge in [-0.3, -0.25) is 0 Å². The molecule has 0 radical (unpaired) electrons. The van der Waals surface area contributed by atoms with Crippen molar-refractivity contribution in [3.63, 3.8) is 0 Å². The number of carbonyl (C=O) groups is 1. The van der Waals surface area contributed by atoms with E-state index >= 15 is 0 Å². The van der Waals surface area contributed by atoms with Crippen molar-refractivity contribution in [3.05, 3.63) is 16.9 Å². The molecule has 5 nitrogen and oxygen atoms in total. The number of aliphatic carboxylic acids is 1. The fourth-order valence-electron chi connectivity index (χ4n) is 1.13. The monoisotopic (exact) mass is 214 g/mol. The molecule has 1 heterocycles. The lowest BCUT2D eigenvalue weighted by Gasteiger charge is -2.15. The Kier molecular flexibility index (Phi) is 3.24. The normalized spacial score (nSPS) is 12.4. The number of carboxylic acid groups (broad SMARTS) is 1. The van der Waals surface area contributed by atoms with Crippen LogP contribution in [0.15, 0.2) is 6.07 Å². The lowest BCUT2D eigenvalue weighted by atomic mass is 10.0. The van der Waals surface area contributed by atoms with Gasteiger partial charge in [-0.1, -0.05) is 18.5 Å². The minimum absolute atomic E-state index is 0.0350. The number of nitrogens with two attached hydrogens (primary N) is 1. The molecular formula is C8H9ClN3O2-. The highest BCUT2D eigenvalue weighted by atomic mass is 35.5. The number of halogens is 1. The van der Waals surface area contributed by atoms with E-state index < -0.39 is 11.9 Å². The molecule has 76 valence electrons. The van der Waals surface area contributed by atoms with Crippen LogP contribution in [0.25, 0.3) is 0 Å². The Balaban J connectivity index is 3.10. The van der Waals surface area contributed by atoms with E-state index in [-0.39, 0.29) is 16.8 Å². The summed E-state index contributed by atoms with van der Waals surface area (Å²) >= 11 is 5.61. The number of nitrogens with zero attached hydrogens (tertiary/aromatic N) is 2. The number of hydrogen-bond donors (Lipinski definition) is 1. The second-order valence-electron chi connectivity index (χ2n) is 2.75. The zero-order chi connectivity index (χ0) is 10.7. The third-order valence-electron chi connectivity index (χ3n) is 1.78. The third kappa shape index (κ3) is 2.32. The highest BCUT2D eigenvalue weighted by molar-refractivity contribution is 6.29. The first kappa shape index (κ1) is 10.7. The molecule has 1 atom stereocenters. The summed E-state index contributed by atoms with van der Waals surface area (Å²) in [4.78, 5) is 18.1. The molecule has 2 N–H and O–H groups in total. The zero-order valence-corrected chi connectivity index (χ0v) is 8.28. The maximum Gasteiger partial charge on any atom is 0.221 e. The van der Waals surface area contributed by atoms with Gasteiger partial charge < -0.3 is 15.6 Å². The first-order valence-electron chi connectivity index (χ1n) is 4.05. The summed E-state index contributed by atoms with van der Waals surface area (Å²) in [5.41, 5.74) is 5.61. The van der Waals surface area contributed by atoms with Gasteiger partial charge in [0.1, 0.15) is 5.15 Å². The first-order valence-corrected chi connectivity index (χ1v) is 4.43. The molecule has 0 amide bonds. The maximum absolute atomic E-state index is 10.7. The van der Waals surface area contributed by atoms with E-state index in [0.29, 0.717) is 6.42 Å². The molecule has 1 rings (SSSR count).